The van der Waals surface area contributed by atoms with Crippen LogP contribution in [0, 0.1) is 27.2 Å². The van der Waals surface area contributed by atoms with Crippen LogP contribution in [0.15, 0.2) is 6.07 Å². The van der Waals surface area contributed by atoms with Gasteiger partial charge in [0.1, 0.15) is 0 Å². The van der Waals surface area contributed by atoms with E-state index in [1.54, 1.807) is 14.1 Å². The number of rotatable bonds is 5. The first-order chi connectivity index (χ1) is 18.7. The standard InChI is InChI=1S/C24H25F3IN3O9S/c1-30(2)12-7-11(28)19(40-41(38,39)24(25,26)27)14-9(12)5-8-6-10-16(31(3)4)18(33)15(22(29)36)21(35)23(10,37)20(34)13(8)17(14)32/h7-8,10,13,15-16,37H,5-6H2,1-4H3,(H2,29,36)/t8?,10?,13?,15?,16?,23-/m0/s1. The van der Waals surface area contributed by atoms with Crippen molar-refractivity contribution in [3.8, 4) is 5.75 Å². The number of Topliss-reactive ketones (excluding diaryl/α,β-unsaturated/α-hetero) is 4. The van der Waals surface area contributed by atoms with Crippen LogP contribution in [0.3, 0.4) is 0 Å². The number of carbonyl (C=O) groups excluding carboxylic acids is 5. The van der Waals surface area contributed by atoms with Crippen molar-refractivity contribution in [2.24, 2.45) is 29.4 Å². The van der Waals surface area contributed by atoms with Crippen molar-refractivity contribution in [2.45, 2.75) is 30.0 Å². The third kappa shape index (κ3) is 4.55. The van der Waals surface area contributed by atoms with Crippen molar-refractivity contribution in [1.29, 1.82) is 0 Å². The van der Waals surface area contributed by atoms with Gasteiger partial charge in [0, 0.05) is 25.7 Å². The van der Waals surface area contributed by atoms with Crippen molar-refractivity contribution < 1.29 is 54.9 Å². The molecule has 224 valence electrons. The molecule has 2 fully saturated rings. The van der Waals surface area contributed by atoms with Crippen LogP contribution < -0.4 is 14.8 Å². The molecule has 12 nitrogen and oxygen atoms in total. The van der Waals surface area contributed by atoms with E-state index >= 15 is 0 Å². The first-order valence-electron chi connectivity index (χ1n) is 12.1. The molecule has 0 aromatic heterocycles. The number of likely N-dealkylation sites (N-methyl/N-ethyl adjacent to an activating group) is 1. The zero-order valence-electron chi connectivity index (χ0n) is 22.0. The Balaban J connectivity index is 1.94. The molecule has 3 N–H and O–H groups in total. The van der Waals surface area contributed by atoms with E-state index in [4.69, 9.17) is 5.73 Å². The van der Waals surface area contributed by atoms with E-state index in [0.717, 1.165) is 0 Å². The highest BCUT2D eigenvalue weighted by molar-refractivity contribution is 14.1. The zero-order valence-corrected chi connectivity index (χ0v) is 25.0. The lowest BCUT2D eigenvalue weighted by Crippen LogP contribution is -2.74. The van der Waals surface area contributed by atoms with E-state index in [9.17, 15) is 50.7 Å². The lowest BCUT2D eigenvalue weighted by atomic mass is 9.52. The summed E-state index contributed by atoms with van der Waals surface area (Å²) in [4.78, 5) is 69.3. The molecule has 5 unspecified atom stereocenters. The smallest absolute Gasteiger partial charge is 0.377 e. The molecule has 0 bridgehead atoms. The summed E-state index contributed by atoms with van der Waals surface area (Å²) in [5.41, 5.74) is -3.75. The van der Waals surface area contributed by atoms with Crippen molar-refractivity contribution in [3.63, 3.8) is 0 Å². The number of amides is 1. The van der Waals surface area contributed by atoms with E-state index in [2.05, 4.69) is 4.18 Å². The summed E-state index contributed by atoms with van der Waals surface area (Å²) in [7, 11) is -0.219. The Bertz CT molecular complexity index is 1510. The van der Waals surface area contributed by atoms with Gasteiger partial charge in [-0.3, -0.25) is 28.9 Å². The predicted octanol–water partition coefficient (Wildman–Crippen LogP) is 0.0604. The van der Waals surface area contributed by atoms with Crippen LogP contribution in [-0.4, -0.2) is 92.8 Å². The van der Waals surface area contributed by atoms with E-state index in [-0.39, 0.29) is 22.0 Å². The number of aliphatic hydroxyl groups is 1. The topological polar surface area (TPSA) is 181 Å². The highest BCUT2D eigenvalue weighted by Crippen LogP contribution is 2.52. The van der Waals surface area contributed by atoms with Crippen LogP contribution in [-0.2, 0) is 35.7 Å². The van der Waals surface area contributed by atoms with Gasteiger partial charge in [0.25, 0.3) is 0 Å². The summed E-state index contributed by atoms with van der Waals surface area (Å²) in [6.45, 7) is 0. The molecule has 2 saturated carbocycles. The number of fused-ring (bicyclic) bond motifs is 3. The van der Waals surface area contributed by atoms with Crippen LogP contribution in [0.2, 0.25) is 0 Å². The van der Waals surface area contributed by atoms with Gasteiger partial charge in [-0.25, -0.2) is 0 Å². The van der Waals surface area contributed by atoms with Crippen LogP contribution >= 0.6 is 22.6 Å². The second kappa shape index (κ2) is 9.98. The fourth-order valence-electron chi connectivity index (χ4n) is 6.24. The summed E-state index contributed by atoms with van der Waals surface area (Å²) in [6, 6.07) is 0.0145. The van der Waals surface area contributed by atoms with E-state index in [0.29, 0.717) is 5.69 Å². The molecule has 41 heavy (non-hydrogen) atoms. The highest BCUT2D eigenvalue weighted by atomic mass is 127. The Morgan fingerprint density at radius 1 is 1.15 bits per heavy atom. The highest BCUT2D eigenvalue weighted by Gasteiger charge is 2.69. The second-order valence-electron chi connectivity index (χ2n) is 10.7. The molecule has 3 aliphatic rings. The molecule has 1 aromatic carbocycles. The minimum atomic E-state index is -6.24. The van der Waals surface area contributed by atoms with Gasteiger partial charge < -0.3 is 19.9 Å². The van der Waals surface area contributed by atoms with Gasteiger partial charge in [-0.15, -0.1) is 0 Å². The lowest BCUT2D eigenvalue weighted by molar-refractivity contribution is -0.181. The largest absolute Gasteiger partial charge is 0.534 e. The van der Waals surface area contributed by atoms with Crippen molar-refractivity contribution in [1.82, 2.24) is 4.90 Å². The summed E-state index contributed by atoms with van der Waals surface area (Å²) in [6.07, 6.45) is -0.404. The summed E-state index contributed by atoms with van der Waals surface area (Å²) >= 11 is 1.50. The molecule has 3 aliphatic carbocycles. The monoisotopic (exact) mass is 715 g/mol. The molecular weight excluding hydrogens is 690 g/mol. The van der Waals surface area contributed by atoms with Gasteiger partial charge in [0.15, 0.2) is 40.4 Å². The SMILES string of the molecule is CN(C)c1cc(I)c(OS(=O)(=O)C(F)(F)F)c2c1CC1CC3C(N(C)C)C(=O)C(C(N)=O)C(=O)[C@@]3(O)C(=O)C1C2=O. The number of benzene rings is 1. The molecule has 0 saturated heterocycles. The number of hydrogen-bond donors (Lipinski definition) is 2. The lowest BCUT2D eigenvalue weighted by Gasteiger charge is -2.52. The zero-order chi connectivity index (χ0) is 31.1. The Hall–Kier alpha value is -2.64. The first kappa shape index (κ1) is 31.3. The van der Waals surface area contributed by atoms with Crippen molar-refractivity contribution in [2.75, 3.05) is 33.1 Å². The summed E-state index contributed by atoms with van der Waals surface area (Å²) in [5, 5.41) is 11.6. The average molecular weight is 715 g/mol. The maximum atomic E-state index is 14.0. The Kier molecular flexibility index (Phi) is 7.62. The van der Waals surface area contributed by atoms with Crippen molar-refractivity contribution >= 4 is 67.4 Å². The van der Waals surface area contributed by atoms with E-state index < -0.39 is 91.3 Å². The van der Waals surface area contributed by atoms with Crippen LogP contribution in [0.5, 0.6) is 5.75 Å². The average Bonchev–Trinajstić information content (AvgIpc) is 2.81. The Morgan fingerprint density at radius 3 is 2.22 bits per heavy atom. The Morgan fingerprint density at radius 2 is 1.73 bits per heavy atom. The number of alkyl halides is 3. The molecule has 0 radical (unpaired) electrons. The number of anilines is 1. The minimum Gasteiger partial charge on any atom is -0.377 e. The van der Waals surface area contributed by atoms with Gasteiger partial charge >= 0.3 is 15.6 Å². The number of carbonyl (C=O) groups is 5. The summed E-state index contributed by atoms with van der Waals surface area (Å²) in [5.74, 6) is -13.5. The fourth-order valence-corrected chi connectivity index (χ4v) is 7.56. The van der Waals surface area contributed by atoms with Gasteiger partial charge in [-0.2, -0.15) is 21.6 Å². The molecule has 6 atom stereocenters. The number of nitrogens with zero attached hydrogens (tertiary/aromatic N) is 2. The maximum Gasteiger partial charge on any atom is 0.534 e. The molecule has 0 spiro atoms. The number of hydrogen-bond acceptors (Lipinski definition) is 11. The maximum absolute atomic E-state index is 14.0. The minimum absolute atomic E-state index is 0.0946. The normalized spacial score (nSPS) is 30.0. The third-order valence-electron chi connectivity index (χ3n) is 7.93. The number of halogens is 4. The molecule has 17 heteroatoms. The quantitative estimate of drug-likeness (QED) is 0.182. The molecule has 1 amide bonds. The van der Waals surface area contributed by atoms with Gasteiger partial charge in [-0.05, 0) is 67.1 Å². The van der Waals surface area contributed by atoms with Crippen LogP contribution in [0.4, 0.5) is 18.9 Å². The molecule has 4 rings (SSSR count). The predicted molar refractivity (Wildman–Crippen MR) is 142 cm³/mol. The van der Waals surface area contributed by atoms with Gasteiger partial charge in [0.05, 0.1) is 21.1 Å². The molecular formula is C24H25F3IN3O9S. The number of primary amides is 1. The Labute approximate surface area is 245 Å². The van der Waals surface area contributed by atoms with Gasteiger partial charge in [0.2, 0.25) is 5.91 Å². The second-order valence-corrected chi connectivity index (χ2v) is 13.4. The fraction of sp³-hybridized carbons (Fsp3) is 0.542. The molecule has 0 aliphatic heterocycles. The van der Waals surface area contributed by atoms with E-state index in [1.165, 1.54) is 52.6 Å². The first-order valence-corrected chi connectivity index (χ1v) is 14.5. The van der Waals surface area contributed by atoms with Crippen LogP contribution in [0.1, 0.15) is 22.3 Å². The van der Waals surface area contributed by atoms with E-state index in [1.807, 2.05) is 0 Å². The van der Waals surface area contributed by atoms with Crippen LogP contribution in [0.25, 0.3) is 0 Å². The number of nitrogens with two attached hydrogens (primary N) is 1. The van der Waals surface area contributed by atoms with Crippen molar-refractivity contribution in [3.05, 3.63) is 20.8 Å². The molecule has 0 heterocycles. The van der Waals surface area contributed by atoms with Gasteiger partial charge in [-0.1, -0.05) is 0 Å². The number of ketones is 4. The molecule has 1 aromatic rings. The third-order valence-corrected chi connectivity index (χ3v) is 9.68. The summed E-state index contributed by atoms with van der Waals surface area (Å²) < 4.78 is 67.8.